The lowest BCUT2D eigenvalue weighted by Gasteiger charge is -2.48. The number of nitrogens with zero attached hydrogens (tertiary/aromatic N) is 3. The van der Waals surface area contributed by atoms with Crippen molar-refractivity contribution in [1.82, 2.24) is 9.88 Å². The van der Waals surface area contributed by atoms with Gasteiger partial charge in [-0.25, -0.2) is 4.99 Å². The number of hydrogen-bond acceptors (Lipinski definition) is 5. The second-order valence-corrected chi connectivity index (χ2v) is 8.39. The van der Waals surface area contributed by atoms with Crippen LogP contribution >= 0.6 is 11.6 Å². The van der Waals surface area contributed by atoms with Crippen molar-refractivity contribution >= 4 is 23.8 Å². The van der Waals surface area contributed by atoms with Gasteiger partial charge in [0.2, 0.25) is 0 Å². The molecule has 2 aliphatic heterocycles. The molecule has 1 aromatic carbocycles. The minimum absolute atomic E-state index is 0.191. The fourth-order valence-corrected chi connectivity index (χ4v) is 4.53. The van der Waals surface area contributed by atoms with Gasteiger partial charge >= 0.3 is 0 Å². The minimum Gasteiger partial charge on any atom is -0.489 e. The van der Waals surface area contributed by atoms with E-state index in [1.54, 1.807) is 31.4 Å². The Morgan fingerprint density at radius 3 is 2.83 bits per heavy atom. The van der Waals surface area contributed by atoms with Crippen molar-refractivity contribution in [2.45, 2.75) is 31.1 Å². The number of aldehydes is 1. The number of guanidine groups is 1. The van der Waals surface area contributed by atoms with E-state index in [0.717, 1.165) is 17.4 Å². The average Bonchev–Trinajstić information content (AvgIpc) is 2.73. The lowest BCUT2D eigenvalue weighted by molar-refractivity contribution is -0.135. The number of hydrogen-bond donors (Lipinski definition) is 1. The van der Waals surface area contributed by atoms with Gasteiger partial charge in [-0.2, -0.15) is 0 Å². The number of pyridine rings is 1. The van der Waals surface area contributed by atoms with E-state index in [4.69, 9.17) is 31.8 Å². The minimum atomic E-state index is -1.23. The fraction of sp³-hybridized carbons (Fsp3) is 0.409. The van der Waals surface area contributed by atoms with Crippen molar-refractivity contribution in [1.29, 1.82) is 0 Å². The molecule has 4 unspecified atom stereocenters. The third-order valence-electron chi connectivity index (χ3n) is 5.86. The smallest absolute Gasteiger partial charge is 0.192 e. The zero-order chi connectivity index (χ0) is 21.5. The van der Waals surface area contributed by atoms with Crippen LogP contribution in [-0.4, -0.2) is 55.0 Å². The molecule has 2 N–H and O–H groups in total. The first-order valence-corrected chi connectivity index (χ1v) is 10.3. The van der Waals surface area contributed by atoms with Gasteiger partial charge in [-0.1, -0.05) is 17.7 Å². The number of benzene rings is 1. The van der Waals surface area contributed by atoms with Gasteiger partial charge in [0.25, 0.3) is 0 Å². The highest BCUT2D eigenvalue weighted by Gasteiger charge is 2.55. The van der Waals surface area contributed by atoms with Crippen LogP contribution in [-0.2, 0) is 15.1 Å². The Morgan fingerprint density at radius 1 is 1.33 bits per heavy atom. The number of carbonyl (C=O) groups is 1. The van der Waals surface area contributed by atoms with E-state index < -0.39 is 5.54 Å². The molecule has 0 amide bonds. The highest BCUT2D eigenvalue weighted by Crippen LogP contribution is 2.50. The zero-order valence-electron chi connectivity index (χ0n) is 17.2. The van der Waals surface area contributed by atoms with Gasteiger partial charge in [-0.3, -0.25) is 4.98 Å². The third kappa shape index (κ3) is 3.42. The van der Waals surface area contributed by atoms with Gasteiger partial charge in [0.1, 0.15) is 11.9 Å². The number of aliphatic imine (C=N–C) groups is 1. The lowest BCUT2D eigenvalue weighted by atomic mass is 9.69. The maximum absolute atomic E-state index is 12.8. The molecule has 4 rings (SSSR count). The zero-order valence-corrected chi connectivity index (χ0v) is 18.0. The van der Waals surface area contributed by atoms with E-state index in [0.29, 0.717) is 29.4 Å². The van der Waals surface area contributed by atoms with Crippen molar-refractivity contribution in [3.05, 3.63) is 47.2 Å². The Morgan fingerprint density at radius 2 is 2.13 bits per heavy atom. The Labute approximate surface area is 180 Å². The first-order chi connectivity index (χ1) is 14.4. The van der Waals surface area contributed by atoms with Crippen LogP contribution in [0.5, 0.6) is 5.75 Å². The Bertz CT molecular complexity index is 996. The van der Waals surface area contributed by atoms with Gasteiger partial charge in [-0.15, -0.1) is 0 Å². The molecule has 2 aromatic rings. The molecule has 8 heteroatoms. The molecule has 2 aliphatic rings. The quantitative estimate of drug-likeness (QED) is 0.459. The molecular formula is C22H25ClN4O3. The maximum Gasteiger partial charge on any atom is 0.192 e. The highest BCUT2D eigenvalue weighted by molar-refractivity contribution is 6.30. The van der Waals surface area contributed by atoms with Gasteiger partial charge < -0.3 is 24.9 Å². The Balaban J connectivity index is 1.95. The van der Waals surface area contributed by atoms with E-state index in [1.165, 1.54) is 0 Å². The number of carbonyl (C=O) groups excluding carboxylic acids is 1. The lowest BCUT2D eigenvalue weighted by Crippen LogP contribution is -2.57. The van der Waals surface area contributed by atoms with Gasteiger partial charge in [-0.05, 0) is 30.7 Å². The topological polar surface area (TPSA) is 90.0 Å². The molecule has 0 saturated carbocycles. The molecule has 4 atom stereocenters. The number of aromatic nitrogens is 1. The second kappa shape index (κ2) is 7.89. The Hall–Kier alpha value is -2.64. The largest absolute Gasteiger partial charge is 0.489 e. The van der Waals surface area contributed by atoms with E-state index in [2.05, 4.69) is 4.98 Å². The van der Waals surface area contributed by atoms with Crippen LogP contribution in [0.3, 0.4) is 0 Å². The second-order valence-electron chi connectivity index (χ2n) is 7.96. The predicted octanol–water partition coefficient (Wildman–Crippen LogP) is 2.86. The van der Waals surface area contributed by atoms with Crippen molar-refractivity contribution < 1.29 is 14.3 Å². The van der Waals surface area contributed by atoms with Crippen LogP contribution < -0.4 is 10.5 Å². The molecule has 0 aliphatic carbocycles. The van der Waals surface area contributed by atoms with Crippen LogP contribution in [0.1, 0.15) is 18.9 Å². The number of fused-ring (bicyclic) bond motifs is 2. The summed E-state index contributed by atoms with van der Waals surface area (Å²) in [4.78, 5) is 23.4. The summed E-state index contributed by atoms with van der Waals surface area (Å²) in [6.07, 6.45) is 4.46. The van der Waals surface area contributed by atoms with Crippen LogP contribution in [0.2, 0.25) is 5.02 Å². The summed E-state index contributed by atoms with van der Waals surface area (Å²) in [5.74, 6) is 0.593. The summed E-state index contributed by atoms with van der Waals surface area (Å²) >= 11 is 6.13. The number of nitrogens with two attached hydrogens (primary N) is 1. The first kappa shape index (κ1) is 20.6. The maximum atomic E-state index is 12.8. The molecule has 30 heavy (non-hydrogen) atoms. The summed E-state index contributed by atoms with van der Waals surface area (Å²) in [6.45, 7) is 2.53. The molecular weight excluding hydrogens is 404 g/mol. The molecule has 0 radical (unpaired) electrons. The SMILES string of the molecule is CC1OCCC2Oc3ccc(-c4cncc(Cl)c4)cc3C(C=O)(N=C(N)N(C)C)C12. The fourth-order valence-electron chi connectivity index (χ4n) is 4.36. The van der Waals surface area contributed by atoms with E-state index in [-0.39, 0.29) is 24.1 Å². The van der Waals surface area contributed by atoms with Crippen LogP contribution in [0, 0.1) is 5.92 Å². The molecule has 158 valence electrons. The van der Waals surface area contributed by atoms with E-state index in [9.17, 15) is 4.79 Å². The monoisotopic (exact) mass is 428 g/mol. The first-order valence-electron chi connectivity index (χ1n) is 9.88. The molecule has 1 fully saturated rings. The summed E-state index contributed by atoms with van der Waals surface area (Å²) in [5, 5.41) is 0.535. The Kier molecular flexibility index (Phi) is 5.42. The van der Waals surface area contributed by atoms with Crippen molar-refractivity contribution in [3.63, 3.8) is 0 Å². The summed E-state index contributed by atoms with van der Waals surface area (Å²) in [6, 6.07) is 7.56. The number of halogens is 1. The van der Waals surface area contributed by atoms with Crippen LogP contribution in [0.15, 0.2) is 41.7 Å². The average molecular weight is 429 g/mol. The number of rotatable bonds is 3. The van der Waals surface area contributed by atoms with Crippen molar-refractivity contribution in [3.8, 4) is 16.9 Å². The van der Waals surface area contributed by atoms with Gasteiger partial charge in [0.05, 0.1) is 23.7 Å². The summed E-state index contributed by atoms with van der Waals surface area (Å²) in [5.41, 5.74) is 7.35. The predicted molar refractivity (Wildman–Crippen MR) is 116 cm³/mol. The van der Waals surface area contributed by atoms with Gasteiger partial charge in [0.15, 0.2) is 17.8 Å². The molecule has 7 nitrogen and oxygen atoms in total. The summed E-state index contributed by atoms with van der Waals surface area (Å²) in [7, 11) is 3.59. The molecule has 3 heterocycles. The van der Waals surface area contributed by atoms with Crippen LogP contribution in [0.25, 0.3) is 11.1 Å². The van der Waals surface area contributed by atoms with E-state index in [1.807, 2.05) is 31.2 Å². The number of ether oxygens (including phenoxy) is 2. The molecule has 0 bridgehead atoms. The standard InChI is InChI=1S/C22H25ClN4O3/c1-13-20-19(6-7-29-13)30-18-5-4-14(15-8-16(23)11-25-10-15)9-17(18)22(20,12-28)26-21(24)27(2)3/h4-5,8-13,19-20H,6-7H2,1-3H3,(H2,24,26). The summed E-state index contributed by atoms with van der Waals surface area (Å²) < 4.78 is 12.2. The third-order valence-corrected chi connectivity index (χ3v) is 6.07. The van der Waals surface area contributed by atoms with Crippen molar-refractivity contribution in [2.24, 2.45) is 16.6 Å². The highest BCUT2D eigenvalue weighted by atomic mass is 35.5. The van der Waals surface area contributed by atoms with Crippen LogP contribution in [0.4, 0.5) is 0 Å². The van der Waals surface area contributed by atoms with Crippen molar-refractivity contribution in [2.75, 3.05) is 20.7 Å². The molecule has 0 spiro atoms. The van der Waals surface area contributed by atoms with E-state index >= 15 is 0 Å². The molecule has 1 aromatic heterocycles. The van der Waals surface area contributed by atoms with Gasteiger partial charge in [0, 0.05) is 44.0 Å². The molecule has 1 saturated heterocycles. The normalized spacial score (nSPS) is 28.1.